The molecule has 0 N–H and O–H groups in total. The summed E-state index contributed by atoms with van der Waals surface area (Å²) in [4.78, 5) is 13.2. The molecule has 4 aromatic rings. The van der Waals surface area contributed by atoms with Crippen molar-refractivity contribution in [2.24, 2.45) is 0 Å². The maximum Gasteiger partial charge on any atom is 0.422 e. The summed E-state index contributed by atoms with van der Waals surface area (Å²) in [6.45, 7) is -1.59. The Morgan fingerprint density at radius 1 is 0.852 bits per heavy atom. The zero-order chi connectivity index (χ0) is 19.0. The molecule has 0 amide bonds. The van der Waals surface area contributed by atoms with Crippen LogP contribution in [-0.4, -0.2) is 18.8 Å². The second kappa shape index (κ2) is 6.70. The van der Waals surface area contributed by atoms with E-state index in [1.54, 1.807) is 6.07 Å². The minimum atomic E-state index is -4.54. The fraction of sp³-hybridized carbons (Fsp3) is 0.0952. The van der Waals surface area contributed by atoms with Gasteiger partial charge in [-0.3, -0.25) is 0 Å². The summed E-state index contributed by atoms with van der Waals surface area (Å²) in [5.74, 6) is -0.973. The lowest BCUT2D eigenvalue weighted by atomic mass is 10.1. The molecule has 0 spiro atoms. The van der Waals surface area contributed by atoms with Crippen LogP contribution in [0.25, 0.3) is 25.1 Å². The van der Waals surface area contributed by atoms with Crippen LogP contribution in [0.4, 0.5) is 13.2 Å². The molecule has 0 saturated heterocycles. The highest BCUT2D eigenvalue weighted by Gasteiger charge is 2.30. The summed E-state index contributed by atoms with van der Waals surface area (Å²) in [6, 6.07) is 22.9. The SMILES string of the molecule is O=C(OCC(F)(F)F)c1ccc2c(c1)c1ccccc1[s+]2-c1ccccc1. The predicted molar refractivity (Wildman–Crippen MR) is 102 cm³/mol. The zero-order valence-electron chi connectivity index (χ0n) is 14.0. The van der Waals surface area contributed by atoms with Crippen LogP contribution in [0.1, 0.15) is 10.4 Å². The number of benzene rings is 3. The molecule has 2 nitrogen and oxygen atoms in total. The number of fused-ring (bicyclic) bond motifs is 3. The van der Waals surface area contributed by atoms with Crippen molar-refractivity contribution in [3.05, 3.63) is 78.4 Å². The highest BCUT2D eigenvalue weighted by atomic mass is 32.2. The summed E-state index contributed by atoms with van der Waals surface area (Å²) >= 11 is 0. The van der Waals surface area contributed by atoms with Crippen molar-refractivity contribution in [1.82, 2.24) is 0 Å². The van der Waals surface area contributed by atoms with Crippen LogP contribution in [0.15, 0.2) is 72.8 Å². The summed E-state index contributed by atoms with van der Waals surface area (Å²) in [7, 11) is -0.312. The Hall–Kier alpha value is -2.86. The van der Waals surface area contributed by atoms with E-state index in [1.807, 2.05) is 48.5 Å². The molecule has 1 atom stereocenters. The molecule has 136 valence electrons. The van der Waals surface area contributed by atoms with Gasteiger partial charge in [0.2, 0.25) is 0 Å². The Balaban J connectivity index is 1.85. The Kier molecular flexibility index (Phi) is 4.36. The minimum absolute atomic E-state index is 0.117. The van der Waals surface area contributed by atoms with E-state index in [1.165, 1.54) is 6.07 Å². The van der Waals surface area contributed by atoms with Crippen LogP contribution < -0.4 is 0 Å². The van der Waals surface area contributed by atoms with Crippen LogP contribution in [0.2, 0.25) is 0 Å². The average molecular weight is 387 g/mol. The molecule has 0 aliphatic rings. The Labute approximate surface area is 155 Å². The van der Waals surface area contributed by atoms with E-state index >= 15 is 0 Å². The molecule has 6 heteroatoms. The van der Waals surface area contributed by atoms with Gasteiger partial charge in [0, 0.05) is 21.2 Å². The number of thiophene rings is 1. The second-order valence-electron chi connectivity index (χ2n) is 6.02. The molecule has 4 rings (SSSR count). The highest BCUT2D eigenvalue weighted by Crippen LogP contribution is 2.48. The maximum absolute atomic E-state index is 12.3. The van der Waals surface area contributed by atoms with Crippen molar-refractivity contribution < 1.29 is 22.7 Å². The van der Waals surface area contributed by atoms with Gasteiger partial charge in [-0.25, -0.2) is 4.79 Å². The third-order valence-electron chi connectivity index (χ3n) is 4.18. The number of alkyl halides is 3. The van der Waals surface area contributed by atoms with E-state index in [0.717, 1.165) is 25.1 Å². The molecule has 0 aliphatic heterocycles. The van der Waals surface area contributed by atoms with E-state index in [9.17, 15) is 18.0 Å². The first-order valence-electron chi connectivity index (χ1n) is 8.21. The topological polar surface area (TPSA) is 26.3 Å². The van der Waals surface area contributed by atoms with Crippen molar-refractivity contribution in [2.75, 3.05) is 6.61 Å². The van der Waals surface area contributed by atoms with Gasteiger partial charge in [0.25, 0.3) is 0 Å². The largest absolute Gasteiger partial charge is 0.452 e. The first-order valence-corrected chi connectivity index (χ1v) is 9.43. The molecule has 1 unspecified atom stereocenters. The summed E-state index contributed by atoms with van der Waals surface area (Å²) in [5.41, 5.74) is 0.117. The number of ether oxygens (including phenoxy) is 1. The van der Waals surface area contributed by atoms with E-state index in [2.05, 4.69) is 16.9 Å². The third kappa shape index (κ3) is 3.40. The lowest BCUT2D eigenvalue weighted by Gasteiger charge is -2.07. The van der Waals surface area contributed by atoms with Gasteiger partial charge in [-0.1, -0.05) is 30.3 Å². The van der Waals surface area contributed by atoms with Crippen molar-refractivity contribution in [2.45, 2.75) is 6.18 Å². The molecule has 0 fully saturated rings. The van der Waals surface area contributed by atoms with Crippen LogP contribution in [0.5, 0.6) is 0 Å². The van der Waals surface area contributed by atoms with Crippen LogP contribution in [0.3, 0.4) is 0 Å². The molecule has 3 aromatic carbocycles. The molecule has 0 radical (unpaired) electrons. The van der Waals surface area contributed by atoms with Gasteiger partial charge in [0.1, 0.15) is 0 Å². The van der Waals surface area contributed by atoms with Crippen molar-refractivity contribution >= 4 is 36.6 Å². The number of halogens is 3. The zero-order valence-corrected chi connectivity index (χ0v) is 14.8. The Morgan fingerprint density at radius 2 is 1.52 bits per heavy atom. The van der Waals surface area contributed by atoms with E-state index < -0.39 is 18.8 Å². The number of hydrogen-bond acceptors (Lipinski definition) is 2. The summed E-state index contributed by atoms with van der Waals surface area (Å²) in [6.07, 6.45) is -4.54. The van der Waals surface area contributed by atoms with Gasteiger partial charge in [0.05, 0.1) is 5.56 Å². The molecule has 27 heavy (non-hydrogen) atoms. The van der Waals surface area contributed by atoms with Gasteiger partial charge in [0.15, 0.2) is 20.9 Å². The number of rotatable bonds is 3. The van der Waals surface area contributed by atoms with Crippen molar-refractivity contribution in [1.29, 1.82) is 0 Å². The summed E-state index contributed by atoms with van der Waals surface area (Å²) < 4.78 is 43.5. The monoisotopic (exact) mass is 387 g/mol. The van der Waals surface area contributed by atoms with E-state index in [0.29, 0.717) is 0 Å². The molecule has 0 saturated carbocycles. The van der Waals surface area contributed by atoms with Crippen LogP contribution in [-0.2, 0) is 4.74 Å². The standard InChI is InChI=1S/C21H14F3O2S/c22-21(23,24)13-26-20(25)14-10-11-19-17(12-14)16-8-4-5-9-18(16)27(19)15-6-2-1-3-7-15/h1-12H,13H2/q+1. The highest BCUT2D eigenvalue weighted by molar-refractivity contribution is 7.50. The molecular weight excluding hydrogens is 373 g/mol. The lowest BCUT2D eigenvalue weighted by Crippen LogP contribution is -2.20. The van der Waals surface area contributed by atoms with Crippen molar-refractivity contribution in [3.8, 4) is 4.90 Å². The normalized spacial score (nSPS) is 12.5. The van der Waals surface area contributed by atoms with Gasteiger partial charge in [-0.15, -0.1) is 0 Å². The van der Waals surface area contributed by atoms with Gasteiger partial charge >= 0.3 is 12.1 Å². The number of hydrogen-bond donors (Lipinski definition) is 0. The number of esters is 1. The third-order valence-corrected chi connectivity index (χ3v) is 6.51. The predicted octanol–water partition coefficient (Wildman–Crippen LogP) is 6.45. The van der Waals surface area contributed by atoms with E-state index in [-0.39, 0.29) is 16.0 Å². The first-order chi connectivity index (χ1) is 12.9. The summed E-state index contributed by atoms with van der Waals surface area (Å²) in [5, 5.41) is 1.85. The number of carbonyl (C=O) groups is 1. The first kappa shape index (κ1) is 17.5. The lowest BCUT2D eigenvalue weighted by molar-refractivity contribution is -0.161. The quantitative estimate of drug-likeness (QED) is 0.298. The average Bonchev–Trinajstić information content (AvgIpc) is 3.00. The molecule has 1 aromatic heterocycles. The second-order valence-corrected chi connectivity index (χ2v) is 7.98. The molecular formula is C21H14F3O2S+. The molecule has 1 heterocycles. The van der Waals surface area contributed by atoms with Crippen LogP contribution in [0, 0.1) is 0 Å². The van der Waals surface area contributed by atoms with Crippen molar-refractivity contribution in [3.63, 3.8) is 0 Å². The maximum atomic E-state index is 12.3. The minimum Gasteiger partial charge on any atom is -0.452 e. The fourth-order valence-corrected chi connectivity index (χ4v) is 5.45. The Morgan fingerprint density at radius 3 is 2.26 bits per heavy atom. The number of carbonyl (C=O) groups excluding carboxylic acids is 1. The smallest absolute Gasteiger partial charge is 0.422 e. The molecule has 0 aliphatic carbocycles. The van der Waals surface area contributed by atoms with Gasteiger partial charge in [-0.2, -0.15) is 13.2 Å². The van der Waals surface area contributed by atoms with Gasteiger partial charge in [-0.05, 0) is 42.5 Å². The fourth-order valence-electron chi connectivity index (χ4n) is 3.07. The van der Waals surface area contributed by atoms with Gasteiger partial charge < -0.3 is 4.74 Å². The van der Waals surface area contributed by atoms with Crippen LogP contribution >= 0.6 is 10.5 Å². The Bertz CT molecular complexity index is 1130. The molecule has 0 bridgehead atoms. The van der Waals surface area contributed by atoms with E-state index in [4.69, 9.17) is 0 Å².